The second-order valence-corrected chi connectivity index (χ2v) is 7.56. The van der Waals surface area contributed by atoms with Crippen LogP contribution in [-0.2, 0) is 6.54 Å². The van der Waals surface area contributed by atoms with Crippen LogP contribution < -0.4 is 10.1 Å². The Morgan fingerprint density at radius 3 is 2.21 bits per heavy atom. The monoisotopic (exact) mass is 496 g/mol. The van der Waals surface area contributed by atoms with Gasteiger partial charge in [0.15, 0.2) is 5.82 Å². The third-order valence-corrected chi connectivity index (χ3v) is 5.08. The molecule has 0 aliphatic carbocycles. The van der Waals surface area contributed by atoms with Gasteiger partial charge in [-0.3, -0.25) is 0 Å². The maximum absolute atomic E-state index is 5.55. The lowest BCUT2D eigenvalue weighted by atomic mass is 10.1. The van der Waals surface area contributed by atoms with Gasteiger partial charge < -0.3 is 10.1 Å². The number of ether oxygens (including phenoxy) is 1. The number of anilines is 1. The molecule has 0 bridgehead atoms. The molecule has 0 saturated heterocycles. The largest absolute Gasteiger partial charge is 0.497 e. The molecule has 2 aromatic carbocycles. The Morgan fingerprint density at radius 1 is 1.06 bits per heavy atom. The van der Waals surface area contributed by atoms with Gasteiger partial charge in [-0.15, -0.1) is 5.10 Å². The highest BCUT2D eigenvalue weighted by Crippen LogP contribution is 2.25. The Kier molecular flexibility index (Phi) is 11.2. The molecule has 0 saturated carbocycles. The SMILES string of the molecule is C=C/C=C\C(=C/C)c1nc2n(n1)CC=C(c1ccc(OC)cc1)N2.CC.Clc1ccc(Cl)cc1. The summed E-state index contributed by atoms with van der Waals surface area (Å²) in [5, 5.41) is 9.33. The summed E-state index contributed by atoms with van der Waals surface area (Å²) in [5.41, 5.74) is 3.07. The third-order valence-electron chi connectivity index (χ3n) is 4.57. The van der Waals surface area contributed by atoms with Gasteiger partial charge >= 0.3 is 0 Å². The van der Waals surface area contributed by atoms with Gasteiger partial charge in [0.05, 0.1) is 13.7 Å². The number of aromatic nitrogens is 3. The van der Waals surface area contributed by atoms with Gasteiger partial charge in [0.25, 0.3) is 0 Å². The molecule has 4 rings (SSSR count). The molecule has 0 atom stereocenters. The van der Waals surface area contributed by atoms with Gasteiger partial charge in [-0.25, -0.2) is 4.68 Å². The van der Waals surface area contributed by atoms with Crippen molar-refractivity contribution in [2.45, 2.75) is 27.3 Å². The summed E-state index contributed by atoms with van der Waals surface area (Å²) in [7, 11) is 1.66. The van der Waals surface area contributed by atoms with E-state index in [4.69, 9.17) is 27.9 Å². The van der Waals surface area contributed by atoms with E-state index in [1.165, 1.54) is 0 Å². The normalized spacial score (nSPS) is 12.3. The van der Waals surface area contributed by atoms with Crippen molar-refractivity contribution >= 4 is 40.4 Å². The Labute approximate surface area is 212 Å². The topological polar surface area (TPSA) is 52.0 Å². The highest BCUT2D eigenvalue weighted by atomic mass is 35.5. The summed E-state index contributed by atoms with van der Waals surface area (Å²) in [6.07, 6.45) is 9.65. The van der Waals surface area contributed by atoms with E-state index < -0.39 is 0 Å². The number of hydrogen-bond donors (Lipinski definition) is 1. The second kappa shape index (κ2) is 14.1. The summed E-state index contributed by atoms with van der Waals surface area (Å²) in [6, 6.07) is 15.0. The standard InChI is InChI=1S/C19H20N4O.C6H4Cl2.C2H6/c1-4-6-7-14(5-2)18-21-19-20-17(12-13-23(19)22-18)15-8-10-16(24-3)11-9-15;7-5-1-2-6(8)4-3-5;1-2/h4-12H,1,13H2,2-3H3,(H,20,21,22);1-4H;1-2H3/b7-6-,14-5+;;. The van der Waals surface area contributed by atoms with Crippen LogP contribution in [0.1, 0.15) is 32.2 Å². The molecule has 3 aromatic rings. The molecule has 1 N–H and O–H groups in total. The molecule has 178 valence electrons. The van der Waals surface area contributed by atoms with Crippen LogP contribution in [0.4, 0.5) is 5.95 Å². The molecule has 0 fully saturated rings. The first-order chi connectivity index (χ1) is 16.5. The van der Waals surface area contributed by atoms with E-state index >= 15 is 0 Å². The molecule has 7 heteroatoms. The highest BCUT2D eigenvalue weighted by Gasteiger charge is 2.17. The number of rotatable bonds is 5. The van der Waals surface area contributed by atoms with E-state index in [-0.39, 0.29) is 0 Å². The predicted octanol–water partition coefficient (Wildman–Crippen LogP) is 7.92. The summed E-state index contributed by atoms with van der Waals surface area (Å²) >= 11 is 11.1. The zero-order valence-corrected chi connectivity index (χ0v) is 21.4. The summed E-state index contributed by atoms with van der Waals surface area (Å²) in [5.74, 6) is 2.28. The minimum atomic E-state index is 0.679. The Morgan fingerprint density at radius 2 is 1.68 bits per heavy atom. The summed E-state index contributed by atoms with van der Waals surface area (Å²) < 4.78 is 7.06. The van der Waals surface area contributed by atoms with Gasteiger partial charge in [-0.05, 0) is 67.1 Å². The lowest BCUT2D eigenvalue weighted by Crippen LogP contribution is -2.13. The first-order valence-electron chi connectivity index (χ1n) is 11.0. The quantitative estimate of drug-likeness (QED) is 0.364. The molecule has 0 spiro atoms. The van der Waals surface area contributed by atoms with E-state index in [1.807, 2.05) is 67.9 Å². The fourth-order valence-corrected chi connectivity index (χ4v) is 3.15. The Balaban J connectivity index is 0.000000343. The zero-order chi connectivity index (χ0) is 24.9. The van der Waals surface area contributed by atoms with Crippen LogP contribution in [0.3, 0.4) is 0 Å². The Hall–Kier alpha value is -3.28. The van der Waals surface area contributed by atoms with Crippen LogP contribution in [0, 0.1) is 0 Å². The maximum atomic E-state index is 5.55. The fourth-order valence-electron chi connectivity index (χ4n) is 2.90. The number of fused-ring (bicyclic) bond motifs is 1. The molecule has 0 unspecified atom stereocenters. The molecular formula is C27H30Cl2N4O. The molecule has 0 amide bonds. The number of nitrogens with one attached hydrogen (secondary N) is 1. The molecule has 1 aliphatic rings. The van der Waals surface area contributed by atoms with E-state index in [0.29, 0.717) is 12.4 Å². The van der Waals surface area contributed by atoms with Crippen molar-refractivity contribution < 1.29 is 4.74 Å². The second-order valence-electron chi connectivity index (χ2n) is 6.69. The third kappa shape index (κ3) is 7.65. The number of nitrogens with zero attached hydrogens (tertiary/aromatic N) is 3. The van der Waals surface area contributed by atoms with Crippen LogP contribution in [0.2, 0.25) is 10.0 Å². The number of allylic oxidation sites excluding steroid dienone is 6. The first-order valence-corrected chi connectivity index (χ1v) is 11.7. The van der Waals surface area contributed by atoms with Crippen molar-refractivity contribution in [1.29, 1.82) is 0 Å². The minimum absolute atomic E-state index is 0.679. The van der Waals surface area contributed by atoms with Crippen LogP contribution in [0.25, 0.3) is 11.3 Å². The van der Waals surface area contributed by atoms with Crippen LogP contribution in [0.5, 0.6) is 5.75 Å². The van der Waals surface area contributed by atoms with Crippen molar-refractivity contribution in [3.05, 3.63) is 107 Å². The van der Waals surface area contributed by atoms with Gasteiger partial charge in [-0.1, -0.05) is 67.9 Å². The van der Waals surface area contributed by atoms with Crippen molar-refractivity contribution in [2.75, 3.05) is 12.4 Å². The first kappa shape index (κ1) is 27.0. The maximum Gasteiger partial charge on any atom is 0.226 e. The molecular weight excluding hydrogens is 467 g/mol. The van der Waals surface area contributed by atoms with Gasteiger partial charge in [-0.2, -0.15) is 4.98 Å². The molecule has 1 aliphatic heterocycles. The van der Waals surface area contributed by atoms with E-state index in [1.54, 1.807) is 37.5 Å². The minimum Gasteiger partial charge on any atom is -0.497 e. The molecule has 34 heavy (non-hydrogen) atoms. The van der Waals surface area contributed by atoms with Crippen molar-refractivity contribution in [3.63, 3.8) is 0 Å². The zero-order valence-electron chi connectivity index (χ0n) is 19.9. The van der Waals surface area contributed by atoms with Crippen LogP contribution in [-0.4, -0.2) is 21.9 Å². The molecule has 0 radical (unpaired) electrons. The predicted molar refractivity (Wildman–Crippen MR) is 145 cm³/mol. The smallest absolute Gasteiger partial charge is 0.226 e. The van der Waals surface area contributed by atoms with Gasteiger partial charge in [0, 0.05) is 21.3 Å². The molecule has 1 aromatic heterocycles. The molecule has 5 nitrogen and oxygen atoms in total. The van der Waals surface area contributed by atoms with E-state index in [0.717, 1.165) is 38.6 Å². The number of hydrogen-bond acceptors (Lipinski definition) is 4. The number of methoxy groups -OCH3 is 1. The van der Waals surface area contributed by atoms with E-state index in [9.17, 15) is 0 Å². The van der Waals surface area contributed by atoms with Crippen molar-refractivity contribution in [3.8, 4) is 5.75 Å². The van der Waals surface area contributed by atoms with Crippen LogP contribution >= 0.6 is 23.2 Å². The van der Waals surface area contributed by atoms with E-state index in [2.05, 4.69) is 28.1 Å². The number of benzene rings is 2. The van der Waals surface area contributed by atoms with Crippen molar-refractivity contribution in [1.82, 2.24) is 14.8 Å². The van der Waals surface area contributed by atoms with Crippen molar-refractivity contribution in [2.24, 2.45) is 0 Å². The average molecular weight is 497 g/mol. The lowest BCUT2D eigenvalue weighted by Gasteiger charge is -2.16. The molecule has 2 heterocycles. The van der Waals surface area contributed by atoms with Crippen LogP contribution in [0.15, 0.2) is 85.5 Å². The van der Waals surface area contributed by atoms with Gasteiger partial charge in [0.1, 0.15) is 5.75 Å². The fraction of sp³-hybridized carbons (Fsp3) is 0.185. The number of halogens is 2. The average Bonchev–Trinajstić information content (AvgIpc) is 3.31. The van der Waals surface area contributed by atoms with Gasteiger partial charge in [0.2, 0.25) is 5.95 Å². The Bertz CT molecular complexity index is 1120. The lowest BCUT2D eigenvalue weighted by molar-refractivity contribution is 0.415. The summed E-state index contributed by atoms with van der Waals surface area (Å²) in [6.45, 7) is 10.3. The highest BCUT2D eigenvalue weighted by molar-refractivity contribution is 6.32. The summed E-state index contributed by atoms with van der Waals surface area (Å²) in [4.78, 5) is 4.61.